The lowest BCUT2D eigenvalue weighted by Crippen LogP contribution is -2.01. The van der Waals surface area contributed by atoms with E-state index >= 15 is 0 Å². The summed E-state index contributed by atoms with van der Waals surface area (Å²) in [4.78, 5) is 12.7. The molecule has 98 valence electrons. The predicted molar refractivity (Wildman–Crippen MR) is 78.4 cm³/mol. The van der Waals surface area contributed by atoms with Crippen molar-refractivity contribution in [2.75, 3.05) is 0 Å². The van der Waals surface area contributed by atoms with Crippen LogP contribution in [0, 0.1) is 0 Å². The first-order valence-corrected chi connectivity index (χ1v) is 7.05. The third kappa shape index (κ3) is 4.16. The average Bonchev–Trinajstić information content (AvgIpc) is 2.34. The summed E-state index contributed by atoms with van der Waals surface area (Å²) in [5, 5.41) is 10.1. The highest BCUT2D eigenvalue weighted by Crippen LogP contribution is 2.32. The normalized spacial score (nSPS) is 10.4. The molecule has 0 aromatic heterocycles. The van der Waals surface area contributed by atoms with Gasteiger partial charge < -0.3 is 5.11 Å². The maximum Gasteiger partial charge on any atom is 0.307 e. The smallest absolute Gasteiger partial charge is 0.307 e. The number of carboxylic acids is 1. The molecule has 5 heteroatoms. The molecular formula is C14H10Cl2O2S. The van der Waals surface area contributed by atoms with Crippen LogP contribution in [0.4, 0.5) is 0 Å². The number of benzene rings is 2. The van der Waals surface area contributed by atoms with Gasteiger partial charge in [-0.25, -0.2) is 0 Å². The van der Waals surface area contributed by atoms with Gasteiger partial charge in [0.1, 0.15) is 0 Å². The third-order valence-corrected chi connectivity index (χ3v) is 4.02. The van der Waals surface area contributed by atoms with E-state index in [1.807, 2.05) is 18.2 Å². The van der Waals surface area contributed by atoms with Gasteiger partial charge in [0, 0.05) is 19.8 Å². The van der Waals surface area contributed by atoms with E-state index in [0.717, 1.165) is 9.79 Å². The van der Waals surface area contributed by atoms with Crippen molar-refractivity contribution in [1.29, 1.82) is 0 Å². The largest absolute Gasteiger partial charge is 0.481 e. The Morgan fingerprint density at radius 2 is 1.68 bits per heavy atom. The highest BCUT2D eigenvalue weighted by molar-refractivity contribution is 7.99. The van der Waals surface area contributed by atoms with Crippen LogP contribution in [0.1, 0.15) is 5.56 Å². The lowest BCUT2D eigenvalue weighted by atomic mass is 10.1. The fourth-order valence-electron chi connectivity index (χ4n) is 1.58. The van der Waals surface area contributed by atoms with Crippen molar-refractivity contribution >= 4 is 40.9 Å². The molecule has 0 saturated carbocycles. The zero-order valence-corrected chi connectivity index (χ0v) is 12.1. The van der Waals surface area contributed by atoms with Crippen LogP contribution >= 0.6 is 35.0 Å². The van der Waals surface area contributed by atoms with Crippen LogP contribution in [0.3, 0.4) is 0 Å². The standard InChI is InChI=1S/C14H10Cl2O2S/c15-10-1-4-12(5-2-10)19-13-6-3-11(16)7-9(13)8-14(17)18/h1-7H,8H2,(H,17,18). The molecule has 19 heavy (non-hydrogen) atoms. The summed E-state index contributed by atoms with van der Waals surface area (Å²) >= 11 is 13.2. The summed E-state index contributed by atoms with van der Waals surface area (Å²) in [5.41, 5.74) is 0.708. The van der Waals surface area contributed by atoms with Crippen molar-refractivity contribution in [2.45, 2.75) is 16.2 Å². The van der Waals surface area contributed by atoms with Gasteiger partial charge in [-0.1, -0.05) is 35.0 Å². The first kappa shape index (κ1) is 14.3. The molecule has 0 fully saturated rings. The van der Waals surface area contributed by atoms with Gasteiger partial charge in [-0.15, -0.1) is 0 Å². The van der Waals surface area contributed by atoms with Crippen molar-refractivity contribution in [3.8, 4) is 0 Å². The van der Waals surface area contributed by atoms with Crippen molar-refractivity contribution in [3.63, 3.8) is 0 Å². The van der Waals surface area contributed by atoms with E-state index in [0.29, 0.717) is 15.6 Å². The molecule has 0 unspecified atom stereocenters. The number of carbonyl (C=O) groups is 1. The fourth-order valence-corrected chi connectivity index (χ4v) is 2.82. The zero-order valence-electron chi connectivity index (χ0n) is 9.77. The number of hydrogen-bond donors (Lipinski definition) is 1. The van der Waals surface area contributed by atoms with Gasteiger partial charge in [0.05, 0.1) is 6.42 Å². The summed E-state index contributed by atoms with van der Waals surface area (Å²) in [7, 11) is 0. The van der Waals surface area contributed by atoms with Crippen LogP contribution in [0.5, 0.6) is 0 Å². The molecule has 0 aliphatic carbocycles. The zero-order chi connectivity index (χ0) is 13.8. The summed E-state index contributed by atoms with van der Waals surface area (Å²) in [6.07, 6.45) is -0.0452. The molecule has 2 aromatic carbocycles. The molecule has 0 aliphatic rings. The van der Waals surface area contributed by atoms with Crippen molar-refractivity contribution in [3.05, 3.63) is 58.1 Å². The number of halogens is 2. The summed E-state index contributed by atoms with van der Waals surface area (Å²) in [5.74, 6) is -0.875. The Labute approximate surface area is 125 Å². The second kappa shape index (κ2) is 6.33. The Balaban J connectivity index is 2.28. The number of rotatable bonds is 4. The van der Waals surface area contributed by atoms with Crippen LogP contribution in [0.25, 0.3) is 0 Å². The second-order valence-electron chi connectivity index (χ2n) is 3.88. The van der Waals surface area contributed by atoms with Crippen LogP contribution in [-0.4, -0.2) is 11.1 Å². The summed E-state index contributed by atoms with van der Waals surface area (Å²) < 4.78 is 0. The summed E-state index contributed by atoms with van der Waals surface area (Å²) in [6, 6.07) is 12.7. The van der Waals surface area contributed by atoms with Gasteiger partial charge in [-0.05, 0) is 48.0 Å². The van der Waals surface area contributed by atoms with Gasteiger partial charge >= 0.3 is 5.97 Å². The Morgan fingerprint density at radius 1 is 1.05 bits per heavy atom. The van der Waals surface area contributed by atoms with Gasteiger partial charge in [0.15, 0.2) is 0 Å². The number of aliphatic carboxylic acids is 1. The lowest BCUT2D eigenvalue weighted by molar-refractivity contribution is -0.136. The number of hydrogen-bond acceptors (Lipinski definition) is 2. The SMILES string of the molecule is O=C(O)Cc1cc(Cl)ccc1Sc1ccc(Cl)cc1. The van der Waals surface area contributed by atoms with Crippen LogP contribution in [0.15, 0.2) is 52.3 Å². The minimum Gasteiger partial charge on any atom is -0.481 e. The Hall–Kier alpha value is -1.16. The first-order valence-electron chi connectivity index (χ1n) is 5.48. The molecule has 2 aromatic rings. The van der Waals surface area contributed by atoms with E-state index in [4.69, 9.17) is 28.3 Å². The first-order chi connectivity index (χ1) is 9.04. The highest BCUT2D eigenvalue weighted by atomic mass is 35.5. The minimum absolute atomic E-state index is 0.0452. The maximum atomic E-state index is 10.9. The molecule has 2 nitrogen and oxygen atoms in total. The van der Waals surface area contributed by atoms with Crippen LogP contribution in [0.2, 0.25) is 10.0 Å². The van der Waals surface area contributed by atoms with E-state index in [2.05, 4.69) is 0 Å². The van der Waals surface area contributed by atoms with Gasteiger partial charge in [0.25, 0.3) is 0 Å². The van der Waals surface area contributed by atoms with Crippen LogP contribution < -0.4 is 0 Å². The molecule has 0 amide bonds. The average molecular weight is 313 g/mol. The van der Waals surface area contributed by atoms with Crippen LogP contribution in [-0.2, 0) is 11.2 Å². The number of carboxylic acid groups (broad SMARTS) is 1. The van der Waals surface area contributed by atoms with Crippen molar-refractivity contribution < 1.29 is 9.90 Å². The van der Waals surface area contributed by atoms with E-state index in [9.17, 15) is 4.79 Å². The molecule has 2 rings (SSSR count). The topological polar surface area (TPSA) is 37.3 Å². The molecule has 0 bridgehead atoms. The van der Waals surface area contributed by atoms with E-state index in [1.54, 1.807) is 24.3 Å². The lowest BCUT2D eigenvalue weighted by Gasteiger charge is -2.08. The third-order valence-electron chi connectivity index (χ3n) is 2.41. The Bertz CT molecular complexity index is 597. The molecule has 0 atom stereocenters. The Morgan fingerprint density at radius 3 is 2.32 bits per heavy atom. The quantitative estimate of drug-likeness (QED) is 0.883. The summed E-state index contributed by atoms with van der Waals surface area (Å²) in [6.45, 7) is 0. The molecule has 0 heterocycles. The highest BCUT2D eigenvalue weighted by Gasteiger charge is 2.09. The predicted octanol–water partition coefficient (Wildman–Crippen LogP) is 4.77. The fraction of sp³-hybridized carbons (Fsp3) is 0.0714. The van der Waals surface area contributed by atoms with Gasteiger partial charge in [0.2, 0.25) is 0 Å². The van der Waals surface area contributed by atoms with Crippen molar-refractivity contribution in [1.82, 2.24) is 0 Å². The molecule has 0 saturated heterocycles. The van der Waals surface area contributed by atoms with Gasteiger partial charge in [-0.2, -0.15) is 0 Å². The molecule has 0 aliphatic heterocycles. The molecule has 0 radical (unpaired) electrons. The van der Waals surface area contributed by atoms with E-state index < -0.39 is 5.97 Å². The van der Waals surface area contributed by atoms with E-state index in [1.165, 1.54) is 11.8 Å². The molecular weight excluding hydrogens is 303 g/mol. The second-order valence-corrected chi connectivity index (χ2v) is 5.87. The molecule has 0 spiro atoms. The molecule has 1 N–H and O–H groups in total. The van der Waals surface area contributed by atoms with E-state index in [-0.39, 0.29) is 6.42 Å². The minimum atomic E-state index is -0.875. The Kier molecular flexibility index (Phi) is 4.75. The maximum absolute atomic E-state index is 10.9. The van der Waals surface area contributed by atoms with Crippen molar-refractivity contribution in [2.24, 2.45) is 0 Å². The van der Waals surface area contributed by atoms with Gasteiger partial charge in [-0.3, -0.25) is 4.79 Å². The monoisotopic (exact) mass is 312 g/mol.